The molecule has 25 heavy (non-hydrogen) atoms. The van der Waals surface area contributed by atoms with Crippen molar-refractivity contribution in [3.05, 3.63) is 30.0 Å². The Morgan fingerprint density at radius 2 is 2.08 bits per heavy atom. The highest BCUT2D eigenvalue weighted by Crippen LogP contribution is 2.35. The zero-order chi connectivity index (χ0) is 17.9. The molecule has 6 heteroatoms. The number of aliphatic hydroxyl groups is 1. The monoisotopic (exact) mass is 344 g/mol. The van der Waals surface area contributed by atoms with E-state index in [0.717, 1.165) is 16.6 Å². The van der Waals surface area contributed by atoms with Gasteiger partial charge in [-0.1, -0.05) is 0 Å². The minimum absolute atomic E-state index is 0.322. The molecule has 2 aromatic heterocycles. The van der Waals surface area contributed by atoms with Crippen LogP contribution < -0.4 is 4.74 Å². The Bertz CT molecular complexity index is 754. The lowest BCUT2D eigenvalue weighted by Crippen LogP contribution is -2.36. The van der Waals surface area contributed by atoms with Crippen molar-refractivity contribution in [3.63, 3.8) is 0 Å². The fourth-order valence-corrected chi connectivity index (χ4v) is 3.51. The Kier molecular flexibility index (Phi) is 5.18. The molecular formula is C19H24N2O4. The fourth-order valence-electron chi connectivity index (χ4n) is 3.51. The molecule has 0 amide bonds. The summed E-state index contributed by atoms with van der Waals surface area (Å²) in [5, 5.41) is 19.9. The number of aliphatic carboxylic acids is 1. The Labute approximate surface area is 146 Å². The van der Waals surface area contributed by atoms with E-state index in [-0.39, 0.29) is 5.92 Å². The highest BCUT2D eigenvalue weighted by molar-refractivity contribution is 5.78. The second-order valence-electron chi connectivity index (χ2n) is 6.76. The molecule has 0 spiro atoms. The van der Waals surface area contributed by atoms with Gasteiger partial charge in [-0.3, -0.25) is 9.78 Å². The van der Waals surface area contributed by atoms with Gasteiger partial charge in [-0.15, -0.1) is 0 Å². The smallest absolute Gasteiger partial charge is 0.306 e. The number of carboxylic acid groups (broad SMARTS) is 1. The van der Waals surface area contributed by atoms with Crippen molar-refractivity contribution in [2.24, 2.45) is 5.92 Å². The van der Waals surface area contributed by atoms with Crippen molar-refractivity contribution in [3.8, 4) is 5.88 Å². The van der Waals surface area contributed by atoms with Gasteiger partial charge in [0.25, 0.3) is 0 Å². The lowest BCUT2D eigenvalue weighted by molar-refractivity contribution is -0.144. The molecule has 0 radical (unpaired) electrons. The molecule has 134 valence electrons. The minimum Gasteiger partial charge on any atom is -0.481 e. The van der Waals surface area contributed by atoms with Gasteiger partial charge in [0.1, 0.15) is 0 Å². The van der Waals surface area contributed by atoms with E-state index in [1.807, 2.05) is 25.1 Å². The van der Waals surface area contributed by atoms with E-state index in [1.54, 1.807) is 6.20 Å². The molecule has 1 fully saturated rings. The first kappa shape index (κ1) is 17.6. The SMILES string of the molecule is CCOc1ccc2nccc(CC[C@]3(O)CC[C@H](C(=O)O)CC3)c2n1. The average molecular weight is 344 g/mol. The van der Waals surface area contributed by atoms with Gasteiger partial charge < -0.3 is 14.9 Å². The lowest BCUT2D eigenvalue weighted by atomic mass is 9.76. The van der Waals surface area contributed by atoms with Gasteiger partial charge in [0.2, 0.25) is 5.88 Å². The highest BCUT2D eigenvalue weighted by Gasteiger charge is 2.35. The van der Waals surface area contributed by atoms with Crippen LogP contribution in [0.4, 0.5) is 0 Å². The fraction of sp³-hybridized carbons (Fsp3) is 0.526. The van der Waals surface area contributed by atoms with E-state index in [1.165, 1.54) is 0 Å². The maximum absolute atomic E-state index is 11.1. The summed E-state index contributed by atoms with van der Waals surface area (Å²) in [6.07, 6.45) is 5.17. The summed E-state index contributed by atoms with van der Waals surface area (Å²) < 4.78 is 5.47. The van der Waals surface area contributed by atoms with Crippen LogP contribution in [0.15, 0.2) is 24.4 Å². The number of nitrogens with zero attached hydrogens (tertiary/aromatic N) is 2. The first-order valence-electron chi connectivity index (χ1n) is 8.83. The number of hydrogen-bond donors (Lipinski definition) is 2. The number of aromatic nitrogens is 2. The number of pyridine rings is 2. The molecule has 0 unspecified atom stereocenters. The molecule has 0 saturated heterocycles. The summed E-state index contributed by atoms with van der Waals surface area (Å²) in [5.41, 5.74) is 1.85. The Morgan fingerprint density at radius 1 is 1.32 bits per heavy atom. The van der Waals surface area contributed by atoms with E-state index in [0.29, 0.717) is 51.0 Å². The number of carbonyl (C=O) groups is 1. The molecule has 3 rings (SSSR count). The summed E-state index contributed by atoms with van der Waals surface area (Å²) >= 11 is 0. The Morgan fingerprint density at radius 3 is 2.76 bits per heavy atom. The normalized spacial score (nSPS) is 23.5. The zero-order valence-corrected chi connectivity index (χ0v) is 14.4. The van der Waals surface area contributed by atoms with Gasteiger partial charge in [-0.05, 0) is 63.1 Å². The van der Waals surface area contributed by atoms with Gasteiger partial charge in [0, 0.05) is 12.3 Å². The number of ether oxygens (including phenoxy) is 1. The summed E-state index contributed by atoms with van der Waals surface area (Å²) in [5.74, 6) is -0.503. The molecule has 0 atom stereocenters. The quantitative estimate of drug-likeness (QED) is 0.837. The molecule has 0 bridgehead atoms. The molecule has 1 aliphatic carbocycles. The summed E-state index contributed by atoms with van der Waals surface area (Å²) in [4.78, 5) is 19.9. The van der Waals surface area contributed by atoms with Crippen LogP contribution in [0, 0.1) is 5.92 Å². The molecular weight excluding hydrogens is 320 g/mol. The van der Waals surface area contributed by atoms with Crippen LogP contribution in [0.5, 0.6) is 5.88 Å². The van der Waals surface area contributed by atoms with E-state index in [9.17, 15) is 9.90 Å². The number of hydrogen-bond acceptors (Lipinski definition) is 5. The van der Waals surface area contributed by atoms with Crippen LogP contribution >= 0.6 is 0 Å². The van der Waals surface area contributed by atoms with Crippen molar-refractivity contribution in [1.82, 2.24) is 9.97 Å². The van der Waals surface area contributed by atoms with Gasteiger partial charge in [-0.25, -0.2) is 4.98 Å². The first-order valence-corrected chi connectivity index (χ1v) is 8.83. The Balaban J connectivity index is 1.72. The second kappa shape index (κ2) is 7.35. The number of carboxylic acids is 1. The van der Waals surface area contributed by atoms with Crippen molar-refractivity contribution >= 4 is 17.0 Å². The van der Waals surface area contributed by atoms with Crippen molar-refractivity contribution in [1.29, 1.82) is 0 Å². The predicted molar refractivity (Wildman–Crippen MR) is 93.6 cm³/mol. The van der Waals surface area contributed by atoms with Crippen LogP contribution in [-0.4, -0.2) is 38.4 Å². The molecule has 2 N–H and O–H groups in total. The van der Waals surface area contributed by atoms with Crippen LogP contribution in [0.1, 0.15) is 44.6 Å². The van der Waals surface area contributed by atoms with E-state index in [2.05, 4.69) is 9.97 Å². The zero-order valence-electron chi connectivity index (χ0n) is 14.4. The van der Waals surface area contributed by atoms with E-state index in [4.69, 9.17) is 9.84 Å². The van der Waals surface area contributed by atoms with Crippen molar-refractivity contribution < 1.29 is 19.7 Å². The van der Waals surface area contributed by atoms with E-state index < -0.39 is 11.6 Å². The summed E-state index contributed by atoms with van der Waals surface area (Å²) in [7, 11) is 0. The molecule has 0 aromatic carbocycles. The van der Waals surface area contributed by atoms with Gasteiger partial charge >= 0.3 is 5.97 Å². The second-order valence-corrected chi connectivity index (χ2v) is 6.76. The van der Waals surface area contributed by atoms with Crippen LogP contribution in [0.3, 0.4) is 0 Å². The number of rotatable bonds is 6. The third-order valence-electron chi connectivity index (χ3n) is 5.06. The summed E-state index contributed by atoms with van der Waals surface area (Å²) in [6, 6.07) is 5.63. The predicted octanol–water partition coefficient (Wildman–Crippen LogP) is 2.97. The molecule has 2 heterocycles. The molecule has 1 aliphatic rings. The highest BCUT2D eigenvalue weighted by atomic mass is 16.5. The summed E-state index contributed by atoms with van der Waals surface area (Å²) in [6.45, 7) is 2.47. The minimum atomic E-state index is -0.793. The van der Waals surface area contributed by atoms with E-state index >= 15 is 0 Å². The molecule has 6 nitrogen and oxygen atoms in total. The standard InChI is InChI=1S/C19H24N2O4/c1-2-25-16-4-3-15-17(21-16)13(8-12-20-15)5-9-19(24)10-6-14(7-11-19)18(22)23/h3-4,8,12,14,24H,2,5-7,9-11H2,1H3,(H,22,23)/t14-,19-. The Hall–Kier alpha value is -2.21. The maximum Gasteiger partial charge on any atom is 0.306 e. The van der Waals surface area contributed by atoms with Gasteiger partial charge in [0.15, 0.2) is 0 Å². The average Bonchev–Trinajstić information content (AvgIpc) is 2.60. The van der Waals surface area contributed by atoms with Crippen molar-refractivity contribution in [2.45, 2.75) is 51.0 Å². The van der Waals surface area contributed by atoms with Gasteiger partial charge in [-0.2, -0.15) is 0 Å². The third kappa shape index (κ3) is 4.07. The number of fused-ring (bicyclic) bond motifs is 1. The van der Waals surface area contributed by atoms with Crippen LogP contribution in [0.2, 0.25) is 0 Å². The topological polar surface area (TPSA) is 92.5 Å². The largest absolute Gasteiger partial charge is 0.481 e. The first-order chi connectivity index (χ1) is 12.0. The lowest BCUT2D eigenvalue weighted by Gasteiger charge is -2.34. The van der Waals surface area contributed by atoms with Gasteiger partial charge in [0.05, 0.1) is 29.2 Å². The maximum atomic E-state index is 11.1. The number of aryl methyl sites for hydroxylation is 1. The molecule has 1 saturated carbocycles. The molecule has 2 aromatic rings. The van der Waals surface area contributed by atoms with Crippen LogP contribution in [0.25, 0.3) is 11.0 Å². The third-order valence-corrected chi connectivity index (χ3v) is 5.06. The van der Waals surface area contributed by atoms with Crippen LogP contribution in [-0.2, 0) is 11.2 Å². The van der Waals surface area contributed by atoms with Crippen molar-refractivity contribution in [2.75, 3.05) is 6.61 Å². The molecule has 0 aliphatic heterocycles.